The maximum atomic E-state index is 11.2. The van der Waals surface area contributed by atoms with Crippen LogP contribution in [0, 0.1) is 31.1 Å². The lowest BCUT2D eigenvalue weighted by Crippen LogP contribution is -2.17. The molecule has 0 saturated carbocycles. The summed E-state index contributed by atoms with van der Waals surface area (Å²) in [6.45, 7) is 10.1. The van der Waals surface area contributed by atoms with E-state index in [-0.39, 0.29) is 17.5 Å². The van der Waals surface area contributed by atoms with E-state index in [1.807, 2.05) is 26.0 Å². The van der Waals surface area contributed by atoms with Crippen LogP contribution in [-0.4, -0.2) is 23.9 Å². The predicted octanol–water partition coefficient (Wildman–Crippen LogP) is 3.33. The summed E-state index contributed by atoms with van der Waals surface area (Å²) in [5, 5.41) is 12.8. The first-order chi connectivity index (χ1) is 10.1. The third-order valence-electron chi connectivity index (χ3n) is 3.04. The van der Waals surface area contributed by atoms with Gasteiger partial charge in [0.1, 0.15) is 7.11 Å². The molecule has 118 valence electrons. The van der Waals surface area contributed by atoms with Gasteiger partial charge in [-0.25, -0.2) is 4.79 Å². The molecule has 4 nitrogen and oxygen atoms in total. The third kappa shape index (κ3) is 5.25. The maximum Gasteiger partial charge on any atom is 0.354 e. The molecule has 22 heavy (non-hydrogen) atoms. The van der Waals surface area contributed by atoms with Crippen LogP contribution in [0.5, 0.6) is 0 Å². The van der Waals surface area contributed by atoms with Crippen LogP contribution in [0.25, 0.3) is 0 Å². The van der Waals surface area contributed by atoms with Gasteiger partial charge in [-0.05, 0) is 57.4 Å². The van der Waals surface area contributed by atoms with E-state index < -0.39 is 5.97 Å². The summed E-state index contributed by atoms with van der Waals surface area (Å²) < 4.78 is 0. The normalized spacial score (nSPS) is 11.6. The standard InChI is InChI=1S/C18H23NO3/c1-12-9-14(7-8-18(3,4)5)13(2)15(10-12)11-16(17(20)21)19-22-6/h9-10H,11H2,1-6H3,(H,20,21)/b19-16+. The first-order valence-corrected chi connectivity index (χ1v) is 7.10. The van der Waals surface area contributed by atoms with Gasteiger partial charge in [0.05, 0.1) is 0 Å². The van der Waals surface area contributed by atoms with E-state index in [1.165, 1.54) is 7.11 Å². The number of nitrogens with zero attached hydrogens (tertiary/aromatic N) is 1. The van der Waals surface area contributed by atoms with Crippen LogP contribution in [0.1, 0.15) is 43.0 Å². The number of hydrogen-bond acceptors (Lipinski definition) is 3. The van der Waals surface area contributed by atoms with Crippen LogP contribution in [0.15, 0.2) is 17.3 Å². The molecule has 0 fully saturated rings. The first-order valence-electron chi connectivity index (χ1n) is 7.10. The number of rotatable bonds is 4. The summed E-state index contributed by atoms with van der Waals surface area (Å²) in [6.07, 6.45) is 0.209. The molecule has 4 heteroatoms. The Hall–Kier alpha value is -2.28. The molecule has 0 bridgehead atoms. The first kappa shape index (κ1) is 17.8. The van der Waals surface area contributed by atoms with Crippen LogP contribution >= 0.6 is 0 Å². The fraction of sp³-hybridized carbons (Fsp3) is 0.444. The highest BCUT2D eigenvalue weighted by Gasteiger charge is 2.15. The molecular formula is C18H23NO3. The SMILES string of the molecule is CO/N=C(\Cc1cc(C)cc(C#CC(C)(C)C)c1C)C(=O)O. The van der Waals surface area contributed by atoms with Crippen molar-refractivity contribution in [2.24, 2.45) is 10.6 Å². The summed E-state index contributed by atoms with van der Waals surface area (Å²) >= 11 is 0. The molecule has 0 spiro atoms. The third-order valence-corrected chi connectivity index (χ3v) is 3.04. The maximum absolute atomic E-state index is 11.2. The molecule has 0 saturated heterocycles. The van der Waals surface area contributed by atoms with Gasteiger partial charge < -0.3 is 9.94 Å². The molecule has 1 aromatic rings. The number of oxime groups is 1. The Morgan fingerprint density at radius 1 is 1.32 bits per heavy atom. The Kier molecular flexibility index (Phi) is 5.76. The number of hydrogen-bond donors (Lipinski definition) is 1. The number of aryl methyl sites for hydroxylation is 1. The second-order valence-corrected chi connectivity index (χ2v) is 6.30. The Morgan fingerprint density at radius 3 is 2.45 bits per heavy atom. The molecule has 0 aliphatic carbocycles. The molecule has 0 unspecified atom stereocenters. The Bertz CT molecular complexity index is 655. The largest absolute Gasteiger partial charge is 0.477 e. The van der Waals surface area contributed by atoms with Gasteiger partial charge in [0.15, 0.2) is 5.71 Å². The van der Waals surface area contributed by atoms with E-state index in [4.69, 9.17) is 5.11 Å². The number of carboxylic acids is 1. The van der Waals surface area contributed by atoms with Crippen molar-refractivity contribution >= 4 is 11.7 Å². The highest BCUT2D eigenvalue weighted by molar-refractivity contribution is 6.35. The lowest BCUT2D eigenvalue weighted by Gasteiger charge is -2.11. The zero-order chi connectivity index (χ0) is 16.9. The topological polar surface area (TPSA) is 58.9 Å². The molecule has 0 aromatic heterocycles. The second kappa shape index (κ2) is 7.13. The zero-order valence-electron chi connectivity index (χ0n) is 14.1. The number of carboxylic acid groups (broad SMARTS) is 1. The lowest BCUT2D eigenvalue weighted by atomic mass is 9.93. The molecular weight excluding hydrogens is 278 g/mol. The fourth-order valence-electron chi connectivity index (χ4n) is 1.94. The minimum Gasteiger partial charge on any atom is -0.477 e. The summed E-state index contributed by atoms with van der Waals surface area (Å²) in [5.74, 6) is 5.33. The minimum absolute atomic E-state index is 0.0223. The average molecular weight is 301 g/mol. The Balaban J connectivity index is 3.27. The Labute approximate surface area is 132 Å². The number of benzene rings is 1. The molecule has 1 N–H and O–H groups in total. The summed E-state index contributed by atoms with van der Waals surface area (Å²) in [6, 6.07) is 3.98. The quantitative estimate of drug-likeness (QED) is 0.527. The van der Waals surface area contributed by atoms with Crippen LogP contribution < -0.4 is 0 Å². The van der Waals surface area contributed by atoms with Gasteiger partial charge in [0.2, 0.25) is 0 Å². The summed E-state index contributed by atoms with van der Waals surface area (Å²) in [7, 11) is 1.34. The molecule has 0 aliphatic heterocycles. The van der Waals surface area contributed by atoms with Crippen LogP contribution in [0.3, 0.4) is 0 Å². The molecule has 0 amide bonds. The van der Waals surface area contributed by atoms with E-state index >= 15 is 0 Å². The average Bonchev–Trinajstić information content (AvgIpc) is 2.39. The summed E-state index contributed by atoms with van der Waals surface area (Å²) in [5.41, 5.74) is 3.74. The van der Waals surface area contributed by atoms with E-state index in [0.29, 0.717) is 0 Å². The van der Waals surface area contributed by atoms with Crippen molar-refractivity contribution in [3.63, 3.8) is 0 Å². The van der Waals surface area contributed by atoms with Gasteiger partial charge in [0, 0.05) is 17.4 Å². The molecule has 1 rings (SSSR count). The zero-order valence-corrected chi connectivity index (χ0v) is 14.1. The monoisotopic (exact) mass is 301 g/mol. The van der Waals surface area contributed by atoms with Gasteiger partial charge in [-0.3, -0.25) is 0 Å². The summed E-state index contributed by atoms with van der Waals surface area (Å²) in [4.78, 5) is 15.8. The van der Waals surface area contributed by atoms with Gasteiger partial charge in [-0.2, -0.15) is 0 Å². The van der Waals surface area contributed by atoms with Gasteiger partial charge in [-0.1, -0.05) is 23.1 Å². The van der Waals surface area contributed by atoms with Crippen LogP contribution in [0.4, 0.5) is 0 Å². The van der Waals surface area contributed by atoms with Crippen molar-refractivity contribution < 1.29 is 14.7 Å². The minimum atomic E-state index is -1.08. The van der Waals surface area contributed by atoms with Crippen molar-refractivity contribution in [3.05, 3.63) is 34.4 Å². The highest BCUT2D eigenvalue weighted by Crippen LogP contribution is 2.19. The van der Waals surface area contributed by atoms with Gasteiger partial charge in [-0.15, -0.1) is 0 Å². The van der Waals surface area contributed by atoms with Crippen LogP contribution in [0.2, 0.25) is 0 Å². The van der Waals surface area contributed by atoms with Crippen LogP contribution in [-0.2, 0) is 16.1 Å². The van der Waals surface area contributed by atoms with Crippen molar-refractivity contribution in [3.8, 4) is 11.8 Å². The van der Waals surface area contributed by atoms with Crippen molar-refractivity contribution in [1.29, 1.82) is 0 Å². The number of carbonyl (C=O) groups is 1. The van der Waals surface area contributed by atoms with Crippen molar-refractivity contribution in [1.82, 2.24) is 0 Å². The molecule has 0 radical (unpaired) electrons. The van der Waals surface area contributed by atoms with E-state index in [1.54, 1.807) is 0 Å². The number of aliphatic carboxylic acids is 1. The predicted molar refractivity (Wildman–Crippen MR) is 88.0 cm³/mol. The van der Waals surface area contributed by atoms with E-state index in [9.17, 15) is 4.79 Å². The molecule has 0 heterocycles. The van der Waals surface area contributed by atoms with Gasteiger partial charge >= 0.3 is 5.97 Å². The Morgan fingerprint density at radius 2 is 1.95 bits per heavy atom. The molecule has 0 aliphatic rings. The smallest absolute Gasteiger partial charge is 0.354 e. The van der Waals surface area contributed by atoms with E-state index in [2.05, 4.69) is 42.6 Å². The molecule has 1 aromatic carbocycles. The van der Waals surface area contributed by atoms with Gasteiger partial charge in [0.25, 0.3) is 0 Å². The van der Waals surface area contributed by atoms with E-state index in [0.717, 1.165) is 22.3 Å². The van der Waals surface area contributed by atoms with Crippen molar-refractivity contribution in [2.45, 2.75) is 41.0 Å². The highest BCUT2D eigenvalue weighted by atomic mass is 16.6. The fourth-order valence-corrected chi connectivity index (χ4v) is 1.94. The lowest BCUT2D eigenvalue weighted by molar-refractivity contribution is -0.129. The second-order valence-electron chi connectivity index (χ2n) is 6.30. The molecule has 0 atom stereocenters. The van der Waals surface area contributed by atoms with Crippen molar-refractivity contribution in [2.75, 3.05) is 7.11 Å².